The molecule has 0 aromatic rings. The molecule has 0 amide bonds. The SMILES string of the molecule is C[C@H]1O[C@@H](O[C@H]2CC[C@]3(C)[C@@H]4CC[C@@]5(C)[C@H](CC[C@H]5C5=CC(=O)OC5)[C@H]4C[C@H](O)[C@@]3(O)C2)[C@H](O)[C@@H](O)[C@@H]1O. The van der Waals surface area contributed by atoms with Crippen molar-refractivity contribution in [3.05, 3.63) is 11.6 Å². The number of cyclic esters (lactones) is 1. The van der Waals surface area contributed by atoms with Crippen molar-refractivity contribution in [1.82, 2.24) is 0 Å². The van der Waals surface area contributed by atoms with Crippen LogP contribution in [0.4, 0.5) is 0 Å². The molecule has 4 saturated carbocycles. The maximum atomic E-state index is 12.1. The number of rotatable bonds is 3. The fraction of sp³-hybridized carbons (Fsp3) is 0.897. The van der Waals surface area contributed by atoms with Crippen molar-refractivity contribution in [2.24, 2.45) is 34.5 Å². The van der Waals surface area contributed by atoms with Gasteiger partial charge in [-0.2, -0.15) is 0 Å². The Morgan fingerprint density at radius 1 is 0.974 bits per heavy atom. The van der Waals surface area contributed by atoms with Gasteiger partial charge in [0.2, 0.25) is 0 Å². The first-order chi connectivity index (χ1) is 17.9. The van der Waals surface area contributed by atoms with Crippen LogP contribution < -0.4 is 0 Å². The van der Waals surface area contributed by atoms with Gasteiger partial charge in [-0.15, -0.1) is 0 Å². The summed E-state index contributed by atoms with van der Waals surface area (Å²) >= 11 is 0. The molecule has 5 N–H and O–H groups in total. The van der Waals surface area contributed by atoms with E-state index in [4.69, 9.17) is 14.2 Å². The zero-order chi connectivity index (χ0) is 27.2. The van der Waals surface area contributed by atoms with Crippen LogP contribution in [0.25, 0.3) is 0 Å². The average Bonchev–Trinajstić information content (AvgIpc) is 3.45. The first-order valence-corrected chi connectivity index (χ1v) is 14.5. The molecule has 0 spiro atoms. The van der Waals surface area contributed by atoms with Gasteiger partial charge in [-0.05, 0) is 86.5 Å². The van der Waals surface area contributed by atoms with E-state index < -0.39 is 53.9 Å². The van der Waals surface area contributed by atoms with Gasteiger partial charge in [0.05, 0.1) is 23.9 Å². The number of hydrogen-bond acceptors (Lipinski definition) is 9. The third-order valence-corrected chi connectivity index (χ3v) is 12.1. The molecule has 14 atom stereocenters. The molecule has 4 aliphatic carbocycles. The van der Waals surface area contributed by atoms with Gasteiger partial charge < -0.3 is 39.7 Å². The summed E-state index contributed by atoms with van der Waals surface area (Å²) in [7, 11) is 0. The predicted octanol–water partition coefficient (Wildman–Crippen LogP) is 1.43. The Kier molecular flexibility index (Phi) is 6.58. The lowest BCUT2D eigenvalue weighted by molar-refractivity contribution is -0.323. The van der Waals surface area contributed by atoms with E-state index in [0.29, 0.717) is 43.6 Å². The summed E-state index contributed by atoms with van der Waals surface area (Å²) in [5.74, 6) is 1.09. The molecule has 6 aliphatic rings. The molecule has 0 radical (unpaired) electrons. The molecular weight excluding hydrogens is 492 g/mol. The zero-order valence-electron chi connectivity index (χ0n) is 22.7. The highest BCUT2D eigenvalue weighted by Crippen LogP contribution is 2.69. The number of hydrogen-bond donors (Lipinski definition) is 5. The molecule has 0 bridgehead atoms. The van der Waals surface area contributed by atoms with Crippen molar-refractivity contribution in [3.8, 4) is 0 Å². The van der Waals surface area contributed by atoms with E-state index in [2.05, 4.69) is 13.8 Å². The Bertz CT molecular complexity index is 985. The third-order valence-electron chi connectivity index (χ3n) is 12.1. The summed E-state index contributed by atoms with van der Waals surface area (Å²) in [5.41, 5.74) is -0.631. The number of carbonyl (C=O) groups is 1. The van der Waals surface area contributed by atoms with E-state index >= 15 is 0 Å². The topological polar surface area (TPSA) is 146 Å². The van der Waals surface area contributed by atoms with E-state index in [9.17, 15) is 30.3 Å². The molecule has 38 heavy (non-hydrogen) atoms. The van der Waals surface area contributed by atoms with Gasteiger partial charge in [-0.1, -0.05) is 13.8 Å². The van der Waals surface area contributed by atoms with Gasteiger partial charge in [-0.3, -0.25) is 0 Å². The third kappa shape index (κ3) is 3.80. The lowest BCUT2D eigenvalue weighted by atomic mass is 9.42. The molecule has 1 saturated heterocycles. The first-order valence-electron chi connectivity index (χ1n) is 14.5. The van der Waals surface area contributed by atoms with Crippen LogP contribution in [0, 0.1) is 34.5 Å². The Morgan fingerprint density at radius 3 is 2.45 bits per heavy atom. The van der Waals surface area contributed by atoms with Crippen LogP contribution in [0.5, 0.6) is 0 Å². The second kappa shape index (κ2) is 9.23. The number of aliphatic hydroxyl groups is 5. The fourth-order valence-corrected chi connectivity index (χ4v) is 9.87. The molecule has 9 nitrogen and oxygen atoms in total. The maximum absolute atomic E-state index is 12.1. The summed E-state index contributed by atoms with van der Waals surface area (Å²) in [6.07, 6.45) is 0.718. The van der Waals surface area contributed by atoms with Crippen LogP contribution in [0.3, 0.4) is 0 Å². The monoisotopic (exact) mass is 536 g/mol. The van der Waals surface area contributed by atoms with Crippen molar-refractivity contribution in [1.29, 1.82) is 0 Å². The summed E-state index contributed by atoms with van der Waals surface area (Å²) < 4.78 is 17.0. The van der Waals surface area contributed by atoms with Gasteiger partial charge in [0.1, 0.15) is 24.9 Å². The van der Waals surface area contributed by atoms with Crippen LogP contribution in [-0.4, -0.2) is 86.6 Å². The summed E-state index contributed by atoms with van der Waals surface area (Å²) in [5, 5.41) is 54.3. The predicted molar refractivity (Wildman–Crippen MR) is 134 cm³/mol. The highest BCUT2D eigenvalue weighted by atomic mass is 16.7. The van der Waals surface area contributed by atoms with Crippen LogP contribution in [0.1, 0.15) is 72.1 Å². The molecule has 9 heteroatoms. The Morgan fingerprint density at radius 2 is 1.74 bits per heavy atom. The minimum absolute atomic E-state index is 0.0589. The molecule has 0 aromatic carbocycles. The van der Waals surface area contributed by atoms with Gasteiger partial charge >= 0.3 is 5.97 Å². The molecular formula is C29H44O9. The van der Waals surface area contributed by atoms with Crippen LogP contribution in [0.15, 0.2) is 11.6 Å². The fourth-order valence-electron chi connectivity index (χ4n) is 9.87. The van der Waals surface area contributed by atoms with E-state index in [1.54, 1.807) is 13.0 Å². The van der Waals surface area contributed by atoms with Crippen LogP contribution >= 0.6 is 0 Å². The van der Waals surface area contributed by atoms with Crippen molar-refractivity contribution < 1.29 is 44.5 Å². The summed E-state index contributed by atoms with van der Waals surface area (Å²) in [6.45, 7) is 6.51. The van der Waals surface area contributed by atoms with Crippen molar-refractivity contribution in [3.63, 3.8) is 0 Å². The van der Waals surface area contributed by atoms with Crippen molar-refractivity contribution >= 4 is 5.97 Å². The first kappa shape index (κ1) is 27.1. The highest BCUT2D eigenvalue weighted by Gasteiger charge is 2.68. The highest BCUT2D eigenvalue weighted by molar-refractivity contribution is 5.85. The standard InChI is InChI=1S/C29H44O9/c1-14-23(32)24(33)25(34)26(37-14)38-16-6-9-28(3)20-7-8-27(2)18(15-10-22(31)36-13-15)4-5-19(27)17(20)11-21(30)29(28,35)12-16/h10,14,16-21,23-26,30,32-35H,4-9,11-13H2,1-3H3/t14-,16+,17-,18+,19-,20-,21+,23-,24+,25-,26+,27-,28-,29+/m1/s1. The molecule has 2 aliphatic heterocycles. The summed E-state index contributed by atoms with van der Waals surface area (Å²) in [4.78, 5) is 11.8. The van der Waals surface area contributed by atoms with Crippen LogP contribution in [-0.2, 0) is 19.0 Å². The molecule has 2 heterocycles. The number of aliphatic hydroxyl groups excluding tert-OH is 4. The van der Waals surface area contributed by atoms with Gasteiger partial charge in [-0.25, -0.2) is 4.79 Å². The molecule has 0 aromatic heterocycles. The normalized spacial score (nSPS) is 56.5. The minimum atomic E-state index is -1.40. The largest absolute Gasteiger partial charge is 0.458 e. The molecule has 5 fully saturated rings. The lowest BCUT2D eigenvalue weighted by Crippen LogP contribution is -2.69. The van der Waals surface area contributed by atoms with Crippen LogP contribution in [0.2, 0.25) is 0 Å². The van der Waals surface area contributed by atoms with E-state index in [-0.39, 0.29) is 23.7 Å². The maximum Gasteiger partial charge on any atom is 0.331 e. The Hall–Kier alpha value is -1.07. The smallest absolute Gasteiger partial charge is 0.331 e. The van der Waals surface area contributed by atoms with E-state index in [0.717, 1.165) is 31.3 Å². The number of ether oxygens (including phenoxy) is 3. The quantitative estimate of drug-likeness (QED) is 0.267. The lowest BCUT2D eigenvalue weighted by Gasteiger charge is -2.65. The number of carbonyl (C=O) groups excluding carboxylic acids is 1. The second-order valence-electron chi connectivity index (χ2n) is 13.7. The Labute approximate surface area is 224 Å². The Balaban J connectivity index is 1.20. The zero-order valence-corrected chi connectivity index (χ0v) is 22.7. The number of esters is 1. The van der Waals surface area contributed by atoms with Crippen molar-refractivity contribution in [2.45, 2.75) is 121 Å². The minimum Gasteiger partial charge on any atom is -0.458 e. The van der Waals surface area contributed by atoms with E-state index in [1.807, 2.05) is 0 Å². The average molecular weight is 537 g/mol. The molecule has 6 rings (SSSR count). The van der Waals surface area contributed by atoms with Gasteiger partial charge in [0.15, 0.2) is 6.29 Å². The molecule has 0 unspecified atom stereocenters. The molecule has 214 valence electrons. The second-order valence-corrected chi connectivity index (χ2v) is 13.7. The number of fused-ring (bicyclic) bond motifs is 5. The van der Waals surface area contributed by atoms with Gasteiger partial charge in [0, 0.05) is 17.9 Å². The summed E-state index contributed by atoms with van der Waals surface area (Å²) in [6, 6.07) is 0. The van der Waals surface area contributed by atoms with E-state index in [1.165, 1.54) is 0 Å². The van der Waals surface area contributed by atoms with Crippen molar-refractivity contribution in [2.75, 3.05) is 6.61 Å². The van der Waals surface area contributed by atoms with Gasteiger partial charge in [0.25, 0.3) is 0 Å².